The largest absolute Gasteiger partial charge is 0.438 e. The Morgan fingerprint density at radius 2 is 1.89 bits per heavy atom. The highest BCUT2D eigenvalue weighted by Crippen LogP contribution is 2.29. The number of hydrogen-bond donors (Lipinski definition) is 1. The Morgan fingerprint density at radius 1 is 0.944 bits per heavy atom. The lowest BCUT2D eigenvalue weighted by Crippen LogP contribution is -1.89. The average molecular weight is 236 g/mol. The smallest absolute Gasteiger partial charge is 0.219 e. The Morgan fingerprint density at radius 3 is 2.72 bits per heavy atom. The van der Waals surface area contributed by atoms with E-state index >= 15 is 0 Å². The van der Waals surface area contributed by atoms with Gasteiger partial charge in [0.05, 0.1) is 0 Å². The van der Waals surface area contributed by atoms with Gasteiger partial charge in [0.15, 0.2) is 0 Å². The van der Waals surface area contributed by atoms with Crippen molar-refractivity contribution in [3.05, 3.63) is 60.8 Å². The lowest BCUT2D eigenvalue weighted by atomic mass is 10.1. The number of hydrogen-bond acceptors (Lipinski definition) is 3. The van der Waals surface area contributed by atoms with Crippen molar-refractivity contribution >= 4 is 16.5 Å². The summed E-state index contributed by atoms with van der Waals surface area (Å²) in [5.74, 6) is 1.37. The predicted octanol–water partition coefficient (Wildman–Crippen LogP) is 3.61. The van der Waals surface area contributed by atoms with Gasteiger partial charge in [0.1, 0.15) is 5.75 Å². The summed E-state index contributed by atoms with van der Waals surface area (Å²) in [6.45, 7) is 0. The summed E-state index contributed by atoms with van der Waals surface area (Å²) in [6, 6.07) is 17.2. The van der Waals surface area contributed by atoms with Crippen molar-refractivity contribution in [2.75, 3.05) is 5.73 Å². The first kappa shape index (κ1) is 10.6. The first-order valence-corrected chi connectivity index (χ1v) is 5.70. The molecular weight excluding hydrogens is 224 g/mol. The maximum Gasteiger partial charge on any atom is 0.219 e. The number of aromatic nitrogens is 1. The predicted molar refractivity (Wildman–Crippen MR) is 72.7 cm³/mol. The van der Waals surface area contributed by atoms with E-state index in [9.17, 15) is 0 Å². The van der Waals surface area contributed by atoms with Crippen LogP contribution in [0, 0.1) is 0 Å². The van der Waals surface area contributed by atoms with Gasteiger partial charge in [-0.2, -0.15) is 0 Å². The Kier molecular flexibility index (Phi) is 2.57. The molecule has 0 bridgehead atoms. The Labute approximate surface area is 105 Å². The molecule has 0 unspecified atom stereocenters. The average Bonchev–Trinajstić information content (AvgIpc) is 2.40. The van der Waals surface area contributed by atoms with Crippen molar-refractivity contribution < 1.29 is 4.74 Å². The SMILES string of the molecule is Nc1ccc2c(Oc3ccccn3)cccc2c1. The second-order valence-corrected chi connectivity index (χ2v) is 4.01. The van der Waals surface area contributed by atoms with Crippen molar-refractivity contribution in [3.63, 3.8) is 0 Å². The quantitative estimate of drug-likeness (QED) is 0.691. The molecule has 2 N–H and O–H groups in total. The monoisotopic (exact) mass is 236 g/mol. The molecule has 0 saturated carbocycles. The molecule has 0 atom stereocenters. The fourth-order valence-electron chi connectivity index (χ4n) is 1.88. The summed E-state index contributed by atoms with van der Waals surface area (Å²) in [6.07, 6.45) is 1.71. The van der Waals surface area contributed by atoms with E-state index in [1.54, 1.807) is 6.20 Å². The third-order valence-corrected chi connectivity index (χ3v) is 2.72. The number of nitrogens with two attached hydrogens (primary N) is 1. The lowest BCUT2D eigenvalue weighted by Gasteiger charge is -2.08. The van der Waals surface area contributed by atoms with Gasteiger partial charge in [-0.25, -0.2) is 4.98 Å². The van der Waals surface area contributed by atoms with E-state index in [0.29, 0.717) is 5.88 Å². The summed E-state index contributed by atoms with van der Waals surface area (Å²) in [4.78, 5) is 4.15. The van der Waals surface area contributed by atoms with Gasteiger partial charge >= 0.3 is 0 Å². The van der Waals surface area contributed by atoms with Gasteiger partial charge in [-0.05, 0) is 35.7 Å². The molecule has 0 radical (unpaired) electrons. The molecule has 0 spiro atoms. The molecule has 1 aromatic heterocycles. The number of pyridine rings is 1. The number of fused-ring (bicyclic) bond motifs is 1. The molecule has 2 aromatic carbocycles. The summed E-state index contributed by atoms with van der Waals surface area (Å²) in [5, 5.41) is 2.08. The van der Waals surface area contributed by atoms with E-state index in [1.807, 2.05) is 54.6 Å². The van der Waals surface area contributed by atoms with Crippen LogP contribution < -0.4 is 10.5 Å². The first-order chi connectivity index (χ1) is 8.83. The van der Waals surface area contributed by atoms with Crippen LogP contribution in [0.4, 0.5) is 5.69 Å². The van der Waals surface area contributed by atoms with E-state index < -0.39 is 0 Å². The maximum atomic E-state index is 5.78. The molecule has 3 aromatic rings. The number of nitrogen functional groups attached to an aromatic ring is 1. The molecule has 3 nitrogen and oxygen atoms in total. The van der Waals surface area contributed by atoms with Gasteiger partial charge in [-0.1, -0.05) is 18.2 Å². The van der Waals surface area contributed by atoms with Gasteiger partial charge in [0.25, 0.3) is 0 Å². The second kappa shape index (κ2) is 4.37. The van der Waals surface area contributed by atoms with Crippen LogP contribution in [0.2, 0.25) is 0 Å². The van der Waals surface area contributed by atoms with Crippen molar-refractivity contribution in [1.29, 1.82) is 0 Å². The lowest BCUT2D eigenvalue weighted by molar-refractivity contribution is 0.468. The van der Waals surface area contributed by atoms with Crippen molar-refractivity contribution in [2.45, 2.75) is 0 Å². The normalized spacial score (nSPS) is 10.4. The molecule has 18 heavy (non-hydrogen) atoms. The number of benzene rings is 2. The van der Waals surface area contributed by atoms with Crippen LogP contribution in [0.1, 0.15) is 0 Å². The van der Waals surface area contributed by atoms with Gasteiger partial charge in [-0.15, -0.1) is 0 Å². The number of anilines is 1. The molecule has 0 amide bonds. The molecule has 3 rings (SSSR count). The Balaban J connectivity index is 2.07. The molecule has 0 aliphatic rings. The van der Waals surface area contributed by atoms with E-state index in [2.05, 4.69) is 4.98 Å². The molecular formula is C15H12N2O. The number of ether oxygens (including phenoxy) is 1. The minimum absolute atomic E-state index is 0.585. The van der Waals surface area contributed by atoms with Crippen LogP contribution in [-0.2, 0) is 0 Å². The zero-order valence-electron chi connectivity index (χ0n) is 9.71. The van der Waals surface area contributed by atoms with Crippen LogP contribution in [0.3, 0.4) is 0 Å². The van der Waals surface area contributed by atoms with Crippen LogP contribution in [0.25, 0.3) is 10.8 Å². The zero-order chi connectivity index (χ0) is 12.4. The van der Waals surface area contributed by atoms with E-state index in [1.165, 1.54) is 0 Å². The molecule has 0 saturated heterocycles. The number of rotatable bonds is 2. The Hall–Kier alpha value is -2.55. The fourth-order valence-corrected chi connectivity index (χ4v) is 1.88. The highest BCUT2D eigenvalue weighted by Gasteiger charge is 2.03. The second-order valence-electron chi connectivity index (χ2n) is 4.01. The van der Waals surface area contributed by atoms with E-state index in [0.717, 1.165) is 22.2 Å². The summed E-state index contributed by atoms with van der Waals surface area (Å²) in [5.41, 5.74) is 6.52. The van der Waals surface area contributed by atoms with Crippen molar-refractivity contribution in [2.24, 2.45) is 0 Å². The van der Waals surface area contributed by atoms with Crippen molar-refractivity contribution in [3.8, 4) is 11.6 Å². The van der Waals surface area contributed by atoms with Gasteiger partial charge in [-0.3, -0.25) is 0 Å². The van der Waals surface area contributed by atoms with Gasteiger partial charge in [0.2, 0.25) is 5.88 Å². The molecule has 88 valence electrons. The summed E-state index contributed by atoms with van der Waals surface area (Å²) in [7, 11) is 0. The van der Waals surface area contributed by atoms with Crippen molar-refractivity contribution in [1.82, 2.24) is 4.98 Å². The topological polar surface area (TPSA) is 48.1 Å². The highest BCUT2D eigenvalue weighted by molar-refractivity contribution is 5.90. The van der Waals surface area contributed by atoms with E-state index in [4.69, 9.17) is 10.5 Å². The standard InChI is InChI=1S/C15H12N2O/c16-12-7-8-13-11(10-12)4-3-5-14(13)18-15-6-1-2-9-17-15/h1-10H,16H2. The molecule has 1 heterocycles. The highest BCUT2D eigenvalue weighted by atomic mass is 16.5. The van der Waals surface area contributed by atoms with Gasteiger partial charge < -0.3 is 10.5 Å². The van der Waals surface area contributed by atoms with Gasteiger partial charge in [0, 0.05) is 23.3 Å². The summed E-state index contributed by atoms with van der Waals surface area (Å²) < 4.78 is 5.78. The first-order valence-electron chi connectivity index (χ1n) is 5.70. The zero-order valence-corrected chi connectivity index (χ0v) is 9.71. The third-order valence-electron chi connectivity index (χ3n) is 2.72. The third kappa shape index (κ3) is 1.98. The minimum atomic E-state index is 0.585. The number of nitrogens with zero attached hydrogens (tertiary/aromatic N) is 1. The van der Waals surface area contributed by atoms with E-state index in [-0.39, 0.29) is 0 Å². The molecule has 3 heteroatoms. The minimum Gasteiger partial charge on any atom is -0.438 e. The molecule has 0 aliphatic carbocycles. The molecule has 0 aliphatic heterocycles. The van der Waals surface area contributed by atoms with Crippen LogP contribution in [0.15, 0.2) is 60.8 Å². The summed E-state index contributed by atoms with van der Waals surface area (Å²) >= 11 is 0. The fraction of sp³-hybridized carbons (Fsp3) is 0. The van der Waals surface area contributed by atoms with Crippen LogP contribution >= 0.6 is 0 Å². The molecule has 0 fully saturated rings. The Bertz CT molecular complexity index is 680. The van der Waals surface area contributed by atoms with Crippen LogP contribution in [0.5, 0.6) is 11.6 Å². The van der Waals surface area contributed by atoms with Crippen LogP contribution in [-0.4, -0.2) is 4.98 Å². The maximum absolute atomic E-state index is 5.78.